The molecule has 110 valence electrons. The molecule has 2 rings (SSSR count). The summed E-state index contributed by atoms with van der Waals surface area (Å²) >= 11 is 1.85. The van der Waals surface area contributed by atoms with E-state index in [1.165, 1.54) is 17.7 Å². The fraction of sp³-hybridized carbons (Fsp3) is 0.545. The fourth-order valence-electron chi connectivity index (χ4n) is 1.66. The van der Waals surface area contributed by atoms with E-state index in [1.807, 2.05) is 6.92 Å². The van der Waals surface area contributed by atoms with Crippen LogP contribution >= 0.6 is 22.9 Å². The highest BCUT2D eigenvalue weighted by Crippen LogP contribution is 2.37. The van der Waals surface area contributed by atoms with E-state index in [9.17, 15) is 13.2 Å². The van der Waals surface area contributed by atoms with Crippen LogP contribution < -0.4 is 5.32 Å². The maximum Gasteiger partial charge on any atom is 0.443 e. The summed E-state index contributed by atoms with van der Waals surface area (Å²) in [6.07, 6.45) is -2.24. The predicted octanol–water partition coefficient (Wildman–Crippen LogP) is 3.41. The van der Waals surface area contributed by atoms with Crippen molar-refractivity contribution in [3.63, 3.8) is 0 Å². The first-order valence-corrected chi connectivity index (χ1v) is 7.57. The second-order valence-corrected chi connectivity index (χ2v) is 6.02. The molecule has 0 spiro atoms. The Balaban J connectivity index is 2.32. The minimum absolute atomic E-state index is 0.330. The third-order valence-electron chi connectivity index (χ3n) is 2.60. The number of aromatic nitrogens is 3. The van der Waals surface area contributed by atoms with Crippen LogP contribution in [0, 0.1) is 6.92 Å². The SMILES string of the molecule is CCCNC(c1cnc(C(F)(F)F)s1)c1snnc1C. The highest BCUT2D eigenvalue weighted by Gasteiger charge is 2.35. The lowest BCUT2D eigenvalue weighted by Crippen LogP contribution is -2.22. The van der Waals surface area contributed by atoms with Gasteiger partial charge in [-0.3, -0.25) is 0 Å². The van der Waals surface area contributed by atoms with Crippen LogP contribution in [0.5, 0.6) is 0 Å². The van der Waals surface area contributed by atoms with Crippen molar-refractivity contribution in [1.29, 1.82) is 0 Å². The summed E-state index contributed by atoms with van der Waals surface area (Å²) in [7, 11) is 0. The standard InChI is InChI=1S/C11H13F3N4S2/c1-3-4-15-8(9-6(2)17-18-20-9)7-5-16-10(19-7)11(12,13)14/h5,8,15H,3-4H2,1-2H3. The number of thiazole rings is 1. The summed E-state index contributed by atoms with van der Waals surface area (Å²) < 4.78 is 41.8. The molecule has 4 nitrogen and oxygen atoms in total. The molecule has 0 radical (unpaired) electrons. The Bertz CT molecular complexity index is 564. The molecule has 0 aromatic carbocycles. The molecule has 1 N–H and O–H groups in total. The van der Waals surface area contributed by atoms with E-state index in [4.69, 9.17) is 0 Å². The number of alkyl halides is 3. The van der Waals surface area contributed by atoms with Crippen molar-refractivity contribution in [1.82, 2.24) is 19.9 Å². The Morgan fingerprint density at radius 1 is 1.40 bits per heavy atom. The van der Waals surface area contributed by atoms with E-state index in [2.05, 4.69) is 19.9 Å². The average Bonchev–Trinajstić information content (AvgIpc) is 2.99. The van der Waals surface area contributed by atoms with E-state index in [-0.39, 0.29) is 6.04 Å². The maximum absolute atomic E-state index is 12.6. The smallest absolute Gasteiger partial charge is 0.305 e. The largest absolute Gasteiger partial charge is 0.443 e. The van der Waals surface area contributed by atoms with Crippen LogP contribution in [0.3, 0.4) is 0 Å². The first kappa shape index (κ1) is 15.3. The van der Waals surface area contributed by atoms with Crippen molar-refractivity contribution < 1.29 is 13.2 Å². The third-order valence-corrected chi connectivity index (χ3v) is 4.60. The lowest BCUT2D eigenvalue weighted by atomic mass is 10.2. The molecule has 1 unspecified atom stereocenters. The molecule has 1 atom stereocenters. The first-order valence-electron chi connectivity index (χ1n) is 5.98. The fourth-order valence-corrected chi connectivity index (χ4v) is 3.35. The maximum atomic E-state index is 12.6. The second-order valence-electron chi connectivity index (χ2n) is 4.18. The van der Waals surface area contributed by atoms with Crippen molar-refractivity contribution in [2.75, 3.05) is 6.54 Å². The van der Waals surface area contributed by atoms with Gasteiger partial charge >= 0.3 is 6.18 Å². The van der Waals surface area contributed by atoms with Crippen molar-refractivity contribution in [2.24, 2.45) is 0 Å². The third kappa shape index (κ3) is 3.33. The van der Waals surface area contributed by atoms with Gasteiger partial charge in [0.2, 0.25) is 0 Å². The highest BCUT2D eigenvalue weighted by atomic mass is 32.1. The molecule has 0 aliphatic rings. The summed E-state index contributed by atoms with van der Waals surface area (Å²) in [4.78, 5) is 4.83. The van der Waals surface area contributed by atoms with Crippen LogP contribution in [0.4, 0.5) is 13.2 Å². The van der Waals surface area contributed by atoms with Gasteiger partial charge in [-0.25, -0.2) is 4.98 Å². The van der Waals surface area contributed by atoms with Crippen molar-refractivity contribution in [2.45, 2.75) is 32.5 Å². The summed E-state index contributed by atoms with van der Waals surface area (Å²) in [5.41, 5.74) is 0.727. The van der Waals surface area contributed by atoms with Gasteiger partial charge in [-0.05, 0) is 31.4 Å². The number of hydrogen-bond donors (Lipinski definition) is 1. The molecule has 2 heterocycles. The summed E-state index contributed by atoms with van der Waals surface area (Å²) in [6, 6.07) is -0.330. The zero-order valence-electron chi connectivity index (χ0n) is 10.9. The molecule has 2 aromatic heterocycles. The average molecular weight is 322 g/mol. The quantitative estimate of drug-likeness (QED) is 0.916. The molecule has 0 fully saturated rings. The van der Waals surface area contributed by atoms with Gasteiger partial charge < -0.3 is 5.32 Å². The lowest BCUT2D eigenvalue weighted by molar-refractivity contribution is -0.137. The van der Waals surface area contributed by atoms with Gasteiger partial charge in [-0.1, -0.05) is 11.4 Å². The van der Waals surface area contributed by atoms with Crippen molar-refractivity contribution >= 4 is 22.9 Å². The molecule has 0 saturated carbocycles. The monoisotopic (exact) mass is 322 g/mol. The molecule has 0 amide bonds. The molecule has 9 heteroatoms. The second kappa shape index (κ2) is 6.15. The highest BCUT2D eigenvalue weighted by molar-refractivity contribution is 7.12. The minimum Gasteiger partial charge on any atom is -0.305 e. The molecule has 0 aliphatic heterocycles. The van der Waals surface area contributed by atoms with Crippen LogP contribution in [0.2, 0.25) is 0 Å². The van der Waals surface area contributed by atoms with E-state index in [1.54, 1.807) is 6.92 Å². The summed E-state index contributed by atoms with van der Waals surface area (Å²) in [5.74, 6) is 0. The Labute approximate surface area is 122 Å². The minimum atomic E-state index is -4.40. The van der Waals surface area contributed by atoms with E-state index in [0.717, 1.165) is 17.0 Å². The van der Waals surface area contributed by atoms with Crippen LogP contribution in [0.15, 0.2) is 6.20 Å². The molecular weight excluding hydrogens is 309 g/mol. The van der Waals surface area contributed by atoms with Gasteiger partial charge in [0, 0.05) is 11.1 Å². The van der Waals surface area contributed by atoms with E-state index < -0.39 is 11.2 Å². The predicted molar refractivity (Wildman–Crippen MR) is 71.9 cm³/mol. The molecule has 20 heavy (non-hydrogen) atoms. The number of rotatable bonds is 5. The van der Waals surface area contributed by atoms with Gasteiger partial charge in [0.1, 0.15) is 0 Å². The lowest BCUT2D eigenvalue weighted by Gasteiger charge is -2.15. The van der Waals surface area contributed by atoms with Gasteiger partial charge in [0.05, 0.1) is 16.6 Å². The van der Waals surface area contributed by atoms with Gasteiger partial charge in [0.15, 0.2) is 5.01 Å². The number of hydrogen-bond acceptors (Lipinski definition) is 6. The summed E-state index contributed by atoms with van der Waals surface area (Å²) in [5, 5.41) is 6.32. The molecule has 2 aromatic rings. The van der Waals surface area contributed by atoms with Crippen LogP contribution in [0.1, 0.15) is 39.8 Å². The zero-order chi connectivity index (χ0) is 14.8. The molecular formula is C11H13F3N4S2. The van der Waals surface area contributed by atoms with Crippen molar-refractivity contribution in [3.05, 3.63) is 26.7 Å². The number of nitrogens with one attached hydrogen (secondary N) is 1. The Morgan fingerprint density at radius 3 is 2.65 bits per heavy atom. The normalized spacial score (nSPS) is 13.7. The van der Waals surface area contributed by atoms with Crippen molar-refractivity contribution in [3.8, 4) is 0 Å². The Hall–Kier alpha value is -1.06. The van der Waals surface area contributed by atoms with E-state index >= 15 is 0 Å². The van der Waals surface area contributed by atoms with Crippen LogP contribution in [-0.2, 0) is 6.18 Å². The van der Waals surface area contributed by atoms with Gasteiger partial charge in [-0.2, -0.15) is 13.2 Å². The number of aryl methyl sites for hydroxylation is 1. The number of halogens is 3. The molecule has 0 aliphatic carbocycles. The van der Waals surface area contributed by atoms with Crippen LogP contribution in [-0.4, -0.2) is 21.1 Å². The van der Waals surface area contributed by atoms with Crippen LogP contribution in [0.25, 0.3) is 0 Å². The molecule has 0 saturated heterocycles. The Kier molecular flexibility index (Phi) is 4.71. The first-order chi connectivity index (χ1) is 9.43. The Morgan fingerprint density at radius 2 is 2.15 bits per heavy atom. The summed E-state index contributed by atoms with van der Waals surface area (Å²) in [6.45, 7) is 4.49. The molecule has 0 bridgehead atoms. The van der Waals surface area contributed by atoms with E-state index in [0.29, 0.717) is 22.8 Å². The van der Waals surface area contributed by atoms with Gasteiger partial charge in [-0.15, -0.1) is 16.4 Å². The number of nitrogens with zero attached hydrogens (tertiary/aromatic N) is 3. The van der Waals surface area contributed by atoms with Gasteiger partial charge in [0.25, 0.3) is 0 Å². The topological polar surface area (TPSA) is 50.7 Å². The zero-order valence-corrected chi connectivity index (χ0v) is 12.5.